The number of aryl methyl sites for hydroxylation is 1. The average Bonchev–Trinajstić information content (AvgIpc) is 2.72. The largest absolute Gasteiger partial charge is 0.492 e. The number of anilines is 2. The van der Waals surface area contributed by atoms with Crippen molar-refractivity contribution in [2.75, 3.05) is 30.0 Å². The van der Waals surface area contributed by atoms with Gasteiger partial charge in [0.15, 0.2) is 5.75 Å². The summed E-state index contributed by atoms with van der Waals surface area (Å²) in [7, 11) is -2.35. The molecule has 2 aromatic rings. The van der Waals surface area contributed by atoms with Crippen LogP contribution in [0.2, 0.25) is 0 Å². The van der Waals surface area contributed by atoms with E-state index < -0.39 is 27.3 Å². The second-order valence-electron chi connectivity index (χ2n) is 8.29. The zero-order valence-corrected chi connectivity index (χ0v) is 20.6. The van der Waals surface area contributed by atoms with Crippen LogP contribution in [0.1, 0.15) is 42.3 Å². The van der Waals surface area contributed by atoms with Gasteiger partial charge in [-0.15, -0.1) is 0 Å². The van der Waals surface area contributed by atoms with Crippen molar-refractivity contribution in [3.63, 3.8) is 0 Å². The van der Waals surface area contributed by atoms with Crippen molar-refractivity contribution in [2.45, 2.75) is 33.1 Å². The zero-order valence-electron chi connectivity index (χ0n) is 19.8. The molecular weight excluding hydrogens is 462 g/mol. The number of azide groups is 1. The Morgan fingerprint density at radius 1 is 1.18 bits per heavy atom. The molecule has 2 aromatic carbocycles. The van der Waals surface area contributed by atoms with E-state index in [4.69, 9.17) is 15.0 Å². The third-order valence-corrected chi connectivity index (χ3v) is 5.47. The van der Waals surface area contributed by atoms with E-state index >= 15 is 0 Å². The molecule has 0 radical (unpaired) electrons. The van der Waals surface area contributed by atoms with Crippen LogP contribution in [0.25, 0.3) is 10.4 Å². The van der Waals surface area contributed by atoms with E-state index in [-0.39, 0.29) is 29.3 Å². The molecule has 0 aliphatic heterocycles. The van der Waals surface area contributed by atoms with Crippen LogP contribution in [0.15, 0.2) is 35.4 Å². The molecular formula is C22H27N5O6S. The van der Waals surface area contributed by atoms with Crippen LogP contribution < -0.4 is 14.8 Å². The average molecular weight is 490 g/mol. The molecule has 34 heavy (non-hydrogen) atoms. The lowest BCUT2D eigenvalue weighted by Gasteiger charge is -2.27. The number of nitrogens with one attached hydrogen (secondary N) is 2. The van der Waals surface area contributed by atoms with Gasteiger partial charge in [0.25, 0.3) is 5.91 Å². The Kier molecular flexibility index (Phi) is 8.14. The highest BCUT2D eigenvalue weighted by atomic mass is 32.2. The van der Waals surface area contributed by atoms with Gasteiger partial charge in [-0.1, -0.05) is 25.0 Å². The summed E-state index contributed by atoms with van der Waals surface area (Å²) in [6, 6.07) is 7.84. The van der Waals surface area contributed by atoms with Gasteiger partial charge in [0.2, 0.25) is 10.0 Å². The SMILES string of the molecule is COc1c(NC(=O)c2ccc(C)c(N=[N+]=[N-])c2)cc(C(C)(C)COC(C)=O)cc1NS(C)(=O)=O. The molecule has 0 aliphatic rings. The molecule has 2 N–H and O–H groups in total. The first kappa shape index (κ1) is 26.5. The predicted molar refractivity (Wildman–Crippen MR) is 129 cm³/mol. The van der Waals surface area contributed by atoms with Gasteiger partial charge in [-0.25, -0.2) is 8.42 Å². The van der Waals surface area contributed by atoms with Gasteiger partial charge in [-0.2, -0.15) is 0 Å². The molecule has 11 nitrogen and oxygen atoms in total. The van der Waals surface area contributed by atoms with Crippen LogP contribution in [-0.2, 0) is 25.0 Å². The number of esters is 1. The molecule has 0 atom stereocenters. The van der Waals surface area contributed by atoms with E-state index in [2.05, 4.69) is 20.1 Å². The summed E-state index contributed by atoms with van der Waals surface area (Å²) in [5.41, 5.74) is 10.1. The van der Waals surface area contributed by atoms with Crippen LogP contribution in [0.4, 0.5) is 17.1 Å². The molecule has 0 saturated carbocycles. The number of hydrogen-bond acceptors (Lipinski definition) is 7. The van der Waals surface area contributed by atoms with Gasteiger partial charge in [-0.3, -0.25) is 14.3 Å². The van der Waals surface area contributed by atoms with E-state index in [0.29, 0.717) is 16.8 Å². The lowest BCUT2D eigenvalue weighted by atomic mass is 9.84. The van der Waals surface area contributed by atoms with E-state index in [9.17, 15) is 18.0 Å². The normalized spacial score (nSPS) is 11.2. The maximum absolute atomic E-state index is 13.0. The first-order valence-electron chi connectivity index (χ1n) is 10.1. The Morgan fingerprint density at radius 2 is 1.82 bits per heavy atom. The molecule has 0 bridgehead atoms. The Balaban J connectivity index is 2.59. The van der Waals surface area contributed by atoms with E-state index in [1.54, 1.807) is 45.0 Å². The van der Waals surface area contributed by atoms with Crippen LogP contribution in [0, 0.1) is 6.92 Å². The fourth-order valence-corrected chi connectivity index (χ4v) is 3.63. The molecule has 0 aliphatic carbocycles. The molecule has 0 fully saturated rings. The first-order chi connectivity index (χ1) is 15.8. The first-order valence-corrected chi connectivity index (χ1v) is 12.0. The second kappa shape index (κ2) is 10.4. The highest BCUT2D eigenvalue weighted by molar-refractivity contribution is 7.92. The number of rotatable bonds is 9. The Hall–Kier alpha value is -3.76. The van der Waals surface area contributed by atoms with Gasteiger partial charge in [-0.05, 0) is 47.8 Å². The maximum atomic E-state index is 13.0. The standard InChI is InChI=1S/C22H27N5O6S/c1-13-7-8-15(9-17(13)25-27-23)21(29)24-18-10-16(22(3,4)12-33-14(2)28)11-19(20(18)32-5)26-34(6,30)31/h7-11,26H,12H2,1-6H3,(H,24,29). The van der Waals surface area contributed by atoms with E-state index in [1.165, 1.54) is 20.1 Å². The van der Waals surface area contributed by atoms with Crippen molar-refractivity contribution < 1.29 is 27.5 Å². The molecule has 1 amide bonds. The third-order valence-electron chi connectivity index (χ3n) is 4.88. The molecule has 2 rings (SSSR count). The Bertz CT molecular complexity index is 1270. The molecule has 12 heteroatoms. The van der Waals surface area contributed by atoms with Crippen molar-refractivity contribution in [1.82, 2.24) is 0 Å². The molecule has 0 heterocycles. The van der Waals surface area contributed by atoms with Crippen molar-refractivity contribution in [3.8, 4) is 5.75 Å². The molecule has 182 valence electrons. The number of hydrogen-bond donors (Lipinski definition) is 2. The van der Waals surface area contributed by atoms with Crippen molar-refractivity contribution in [3.05, 3.63) is 57.5 Å². The number of ether oxygens (including phenoxy) is 2. The number of benzene rings is 2. The van der Waals surface area contributed by atoms with Gasteiger partial charge in [0.05, 0.1) is 24.7 Å². The fraction of sp³-hybridized carbons (Fsp3) is 0.364. The van der Waals surface area contributed by atoms with Gasteiger partial charge in [0.1, 0.15) is 6.61 Å². The molecule has 0 unspecified atom stereocenters. The zero-order chi connectivity index (χ0) is 25.7. The lowest BCUT2D eigenvalue weighted by Crippen LogP contribution is -2.26. The Labute approximate surface area is 198 Å². The number of carbonyl (C=O) groups is 2. The summed E-state index contributed by atoms with van der Waals surface area (Å²) in [5, 5.41) is 6.31. The molecule has 0 aromatic heterocycles. The second-order valence-corrected chi connectivity index (χ2v) is 10.0. The van der Waals surface area contributed by atoms with Gasteiger partial charge >= 0.3 is 5.97 Å². The summed E-state index contributed by atoms with van der Waals surface area (Å²) in [4.78, 5) is 27.1. The van der Waals surface area contributed by atoms with Gasteiger partial charge in [0, 0.05) is 28.5 Å². The summed E-state index contributed by atoms with van der Waals surface area (Å²) in [6.45, 7) is 6.67. The van der Waals surface area contributed by atoms with E-state index in [0.717, 1.165) is 6.26 Å². The number of nitrogens with zero attached hydrogens (tertiary/aromatic N) is 3. The van der Waals surface area contributed by atoms with Crippen LogP contribution in [-0.4, -0.2) is 40.3 Å². The Morgan fingerprint density at radius 3 is 2.38 bits per heavy atom. The number of carbonyl (C=O) groups excluding carboxylic acids is 2. The fourth-order valence-electron chi connectivity index (χ4n) is 3.07. The predicted octanol–water partition coefficient (Wildman–Crippen LogP) is 4.41. The van der Waals surface area contributed by atoms with Crippen molar-refractivity contribution >= 4 is 39.0 Å². The lowest BCUT2D eigenvalue weighted by molar-refractivity contribution is -0.142. The van der Waals surface area contributed by atoms with Crippen LogP contribution >= 0.6 is 0 Å². The highest BCUT2D eigenvalue weighted by Gasteiger charge is 2.27. The topological polar surface area (TPSA) is 160 Å². The maximum Gasteiger partial charge on any atom is 0.302 e. The monoisotopic (exact) mass is 489 g/mol. The highest BCUT2D eigenvalue weighted by Crippen LogP contribution is 2.39. The van der Waals surface area contributed by atoms with E-state index in [1.807, 2.05) is 0 Å². The quantitative estimate of drug-likeness (QED) is 0.230. The number of methoxy groups -OCH3 is 1. The summed E-state index contributed by atoms with van der Waals surface area (Å²) >= 11 is 0. The summed E-state index contributed by atoms with van der Waals surface area (Å²) in [6.07, 6.45) is 0.991. The summed E-state index contributed by atoms with van der Waals surface area (Å²) < 4.78 is 36.9. The van der Waals surface area contributed by atoms with Crippen LogP contribution in [0.3, 0.4) is 0 Å². The molecule has 0 saturated heterocycles. The number of amides is 1. The van der Waals surface area contributed by atoms with Crippen molar-refractivity contribution in [2.24, 2.45) is 5.11 Å². The summed E-state index contributed by atoms with van der Waals surface area (Å²) in [5.74, 6) is -0.902. The minimum absolute atomic E-state index is 0.0217. The van der Waals surface area contributed by atoms with Crippen molar-refractivity contribution in [1.29, 1.82) is 0 Å². The molecule has 0 spiro atoms. The number of sulfonamides is 1. The van der Waals surface area contributed by atoms with Gasteiger partial charge < -0.3 is 14.8 Å². The minimum Gasteiger partial charge on any atom is -0.492 e. The smallest absolute Gasteiger partial charge is 0.302 e. The van der Waals surface area contributed by atoms with Crippen LogP contribution in [0.5, 0.6) is 5.75 Å². The third kappa shape index (κ3) is 6.87. The minimum atomic E-state index is -3.69.